The van der Waals surface area contributed by atoms with Crippen LogP contribution in [0.5, 0.6) is 11.5 Å². The number of carbonyl (C=O) groups is 1. The lowest BCUT2D eigenvalue weighted by Gasteiger charge is -2.24. The predicted molar refractivity (Wildman–Crippen MR) is 154 cm³/mol. The number of fused-ring (bicyclic) bond motifs is 3. The van der Waals surface area contributed by atoms with Crippen molar-refractivity contribution in [1.82, 2.24) is 19.5 Å². The highest BCUT2D eigenvalue weighted by molar-refractivity contribution is 5.87. The van der Waals surface area contributed by atoms with Crippen LogP contribution in [0.25, 0.3) is 17.2 Å². The van der Waals surface area contributed by atoms with E-state index < -0.39 is 36.3 Å². The van der Waals surface area contributed by atoms with Crippen LogP contribution < -0.4 is 14.8 Å². The molecule has 4 unspecified atom stereocenters. The van der Waals surface area contributed by atoms with E-state index >= 15 is 0 Å². The van der Waals surface area contributed by atoms with Gasteiger partial charge in [0, 0.05) is 12.6 Å². The summed E-state index contributed by atoms with van der Waals surface area (Å²) in [6, 6.07) is 13.6. The Balaban J connectivity index is 1.06. The molecular formula is C31H31N5O7. The minimum Gasteiger partial charge on any atom is -0.460 e. The Kier molecular flexibility index (Phi) is 6.96. The van der Waals surface area contributed by atoms with Crippen LogP contribution in [0.15, 0.2) is 61.2 Å². The first-order valence-corrected chi connectivity index (χ1v) is 14.1. The van der Waals surface area contributed by atoms with E-state index in [2.05, 4.69) is 20.3 Å². The van der Waals surface area contributed by atoms with Crippen molar-refractivity contribution < 1.29 is 33.2 Å². The molecule has 3 aliphatic heterocycles. The van der Waals surface area contributed by atoms with Gasteiger partial charge in [0.1, 0.15) is 31.2 Å². The smallest absolute Gasteiger partial charge is 0.330 e. The maximum atomic E-state index is 12.5. The van der Waals surface area contributed by atoms with Gasteiger partial charge >= 0.3 is 5.97 Å². The molecule has 2 saturated heterocycles. The molecule has 222 valence electrons. The fraction of sp³-hybridized carbons (Fsp3) is 0.355. The van der Waals surface area contributed by atoms with Crippen molar-refractivity contribution in [2.24, 2.45) is 0 Å². The molecule has 2 aromatic heterocycles. The maximum Gasteiger partial charge on any atom is 0.330 e. The van der Waals surface area contributed by atoms with E-state index in [0.717, 1.165) is 22.4 Å². The van der Waals surface area contributed by atoms with E-state index in [1.54, 1.807) is 12.4 Å². The SMILES string of the molecule is Cc1ccc(C=CC(=O)OCC2OC(n3cnc4c(NCc5ccc6c(c5)OCO6)ncnc43)C3OC(C)(C)OC23)cc1. The molecule has 12 heteroatoms. The van der Waals surface area contributed by atoms with Crippen molar-refractivity contribution >= 4 is 29.0 Å². The summed E-state index contributed by atoms with van der Waals surface area (Å²) in [6.07, 6.45) is 4.15. The molecule has 2 fully saturated rings. The van der Waals surface area contributed by atoms with E-state index in [-0.39, 0.29) is 13.4 Å². The quantitative estimate of drug-likeness (QED) is 0.237. The fourth-order valence-electron chi connectivity index (χ4n) is 5.48. The number of anilines is 1. The number of nitrogens with one attached hydrogen (secondary N) is 1. The van der Waals surface area contributed by atoms with Crippen LogP contribution in [0.1, 0.15) is 36.8 Å². The molecule has 0 amide bonds. The van der Waals surface area contributed by atoms with Crippen LogP contribution in [0.4, 0.5) is 5.82 Å². The van der Waals surface area contributed by atoms with Crippen LogP contribution in [0.2, 0.25) is 0 Å². The van der Waals surface area contributed by atoms with Crippen LogP contribution in [-0.2, 0) is 30.3 Å². The zero-order valence-electron chi connectivity index (χ0n) is 23.9. The Hall–Kier alpha value is -4.52. The zero-order valence-corrected chi connectivity index (χ0v) is 23.9. The van der Waals surface area contributed by atoms with E-state index in [4.69, 9.17) is 28.4 Å². The number of hydrogen-bond acceptors (Lipinski definition) is 11. The number of hydrogen-bond donors (Lipinski definition) is 1. The second-order valence-corrected chi connectivity index (χ2v) is 11.1. The third kappa shape index (κ3) is 5.52. The Bertz CT molecular complexity index is 1690. The largest absolute Gasteiger partial charge is 0.460 e. The van der Waals surface area contributed by atoms with Crippen molar-refractivity contribution in [2.75, 3.05) is 18.7 Å². The first-order valence-electron chi connectivity index (χ1n) is 14.1. The molecule has 43 heavy (non-hydrogen) atoms. The molecule has 12 nitrogen and oxygen atoms in total. The molecule has 0 spiro atoms. The number of carbonyl (C=O) groups excluding carboxylic acids is 1. The van der Waals surface area contributed by atoms with Gasteiger partial charge in [-0.15, -0.1) is 0 Å². The molecule has 3 aliphatic rings. The monoisotopic (exact) mass is 585 g/mol. The van der Waals surface area contributed by atoms with Gasteiger partial charge in [-0.05, 0) is 50.1 Å². The molecule has 0 aliphatic carbocycles. The van der Waals surface area contributed by atoms with Gasteiger partial charge in [0.25, 0.3) is 0 Å². The van der Waals surface area contributed by atoms with Crippen LogP contribution >= 0.6 is 0 Å². The molecule has 7 rings (SSSR count). The molecular weight excluding hydrogens is 554 g/mol. The van der Waals surface area contributed by atoms with Crippen molar-refractivity contribution in [1.29, 1.82) is 0 Å². The maximum absolute atomic E-state index is 12.5. The van der Waals surface area contributed by atoms with Gasteiger partial charge in [-0.2, -0.15) is 0 Å². The van der Waals surface area contributed by atoms with Crippen molar-refractivity contribution in [2.45, 2.75) is 57.6 Å². The minimum absolute atomic E-state index is 0.00186. The second kappa shape index (κ2) is 11.0. The van der Waals surface area contributed by atoms with Gasteiger partial charge in [-0.1, -0.05) is 35.9 Å². The number of esters is 1. The Morgan fingerprint density at radius 1 is 1.07 bits per heavy atom. The normalized spacial score (nSPS) is 23.6. The topological polar surface area (TPSA) is 128 Å². The lowest BCUT2D eigenvalue weighted by molar-refractivity contribution is -0.201. The molecule has 0 saturated carbocycles. The van der Waals surface area contributed by atoms with Crippen LogP contribution in [0, 0.1) is 6.92 Å². The Morgan fingerprint density at radius 3 is 2.74 bits per heavy atom. The molecule has 0 bridgehead atoms. The first kappa shape index (κ1) is 27.3. The lowest BCUT2D eigenvalue weighted by atomic mass is 10.1. The van der Waals surface area contributed by atoms with Gasteiger partial charge in [0.2, 0.25) is 6.79 Å². The van der Waals surface area contributed by atoms with E-state index in [1.807, 2.05) is 67.8 Å². The van der Waals surface area contributed by atoms with Crippen LogP contribution in [-0.4, -0.2) is 63.0 Å². The molecule has 4 aromatic rings. The van der Waals surface area contributed by atoms with E-state index in [0.29, 0.717) is 29.3 Å². The summed E-state index contributed by atoms with van der Waals surface area (Å²) < 4.78 is 37.1. The second-order valence-electron chi connectivity index (χ2n) is 11.1. The molecule has 0 radical (unpaired) electrons. The van der Waals surface area contributed by atoms with Gasteiger partial charge in [0.15, 0.2) is 40.5 Å². The van der Waals surface area contributed by atoms with Gasteiger partial charge < -0.3 is 33.7 Å². The van der Waals surface area contributed by atoms with E-state index in [9.17, 15) is 4.79 Å². The number of benzene rings is 2. The number of aromatic nitrogens is 4. The highest BCUT2D eigenvalue weighted by atomic mass is 16.8. The summed E-state index contributed by atoms with van der Waals surface area (Å²) in [7, 11) is 0. The molecule has 5 heterocycles. The summed E-state index contributed by atoms with van der Waals surface area (Å²) in [5.74, 6) is 0.712. The number of nitrogens with zero attached hydrogens (tertiary/aromatic N) is 4. The summed E-state index contributed by atoms with van der Waals surface area (Å²) >= 11 is 0. The molecule has 1 N–H and O–H groups in total. The third-order valence-corrected chi connectivity index (χ3v) is 7.53. The minimum atomic E-state index is -0.840. The highest BCUT2D eigenvalue weighted by Crippen LogP contribution is 2.44. The number of aryl methyl sites for hydroxylation is 1. The highest BCUT2D eigenvalue weighted by Gasteiger charge is 2.56. The summed E-state index contributed by atoms with van der Waals surface area (Å²) in [5, 5.41) is 3.34. The number of ether oxygens (including phenoxy) is 6. The first-order chi connectivity index (χ1) is 20.8. The number of imidazole rings is 1. The van der Waals surface area contributed by atoms with E-state index in [1.165, 1.54) is 12.4 Å². The summed E-state index contributed by atoms with van der Waals surface area (Å²) in [4.78, 5) is 26.0. The Morgan fingerprint density at radius 2 is 1.88 bits per heavy atom. The summed E-state index contributed by atoms with van der Waals surface area (Å²) in [6.45, 7) is 6.43. The fourth-order valence-corrected chi connectivity index (χ4v) is 5.48. The Labute approximate surface area is 247 Å². The average Bonchev–Trinajstić information content (AvgIpc) is 3.77. The third-order valence-electron chi connectivity index (χ3n) is 7.53. The predicted octanol–water partition coefficient (Wildman–Crippen LogP) is 4.15. The van der Waals surface area contributed by atoms with Gasteiger partial charge in [-0.25, -0.2) is 19.7 Å². The van der Waals surface area contributed by atoms with Crippen molar-refractivity contribution in [3.8, 4) is 11.5 Å². The zero-order chi connectivity index (χ0) is 29.6. The average molecular weight is 586 g/mol. The van der Waals surface area contributed by atoms with Crippen LogP contribution in [0.3, 0.4) is 0 Å². The number of rotatable bonds is 8. The molecule has 4 atom stereocenters. The standard InChI is InChI=1S/C31H31N5O7/c1-18-4-6-19(7-5-18)9-11-24(37)38-14-23-26-27(43-31(2,3)42-26)30(41-23)36-16-35-25-28(33-15-34-29(25)36)32-13-20-8-10-21-22(12-20)40-17-39-21/h4-12,15-16,23,26-27,30H,13-14,17H2,1-3H3,(H,32,33,34). The van der Waals surface area contributed by atoms with Gasteiger partial charge in [-0.3, -0.25) is 4.57 Å². The summed E-state index contributed by atoms with van der Waals surface area (Å²) in [5.41, 5.74) is 4.21. The van der Waals surface area contributed by atoms with Gasteiger partial charge in [0.05, 0.1) is 6.33 Å². The van der Waals surface area contributed by atoms with Crippen molar-refractivity contribution in [3.05, 3.63) is 77.9 Å². The molecule has 2 aromatic carbocycles. The van der Waals surface area contributed by atoms with Crippen molar-refractivity contribution in [3.63, 3.8) is 0 Å². The lowest BCUT2D eigenvalue weighted by Crippen LogP contribution is -2.33.